The van der Waals surface area contributed by atoms with Gasteiger partial charge in [0.2, 0.25) is 0 Å². The number of benzene rings is 2. The molecule has 7 heteroatoms. The lowest BCUT2D eigenvalue weighted by Gasteiger charge is -2.14. The van der Waals surface area contributed by atoms with Crippen molar-refractivity contribution in [3.05, 3.63) is 60.7 Å². The number of nitrogens with one attached hydrogen (secondary N) is 1. The van der Waals surface area contributed by atoms with Gasteiger partial charge in [-0.3, -0.25) is 9.36 Å². The van der Waals surface area contributed by atoms with Crippen LogP contribution in [0.3, 0.4) is 0 Å². The molecule has 3 rings (SSSR count). The van der Waals surface area contributed by atoms with Crippen molar-refractivity contribution in [2.24, 2.45) is 0 Å². The van der Waals surface area contributed by atoms with Crippen LogP contribution in [0.2, 0.25) is 0 Å². The van der Waals surface area contributed by atoms with Gasteiger partial charge in [0, 0.05) is 18.8 Å². The third-order valence-corrected chi connectivity index (χ3v) is 4.51. The second-order valence-corrected chi connectivity index (χ2v) is 6.60. The molecule has 0 aliphatic rings. The maximum Gasteiger partial charge on any atom is 0.270 e. The fraction of sp³-hybridized carbons (Fsp3) is 0.273. The molecule has 0 saturated carbocycles. The largest absolute Gasteiger partial charge is 0.493 e. The third-order valence-electron chi connectivity index (χ3n) is 4.51. The summed E-state index contributed by atoms with van der Waals surface area (Å²) in [5, 5.41) is 2.91. The topological polar surface area (TPSA) is 74.6 Å². The Balaban J connectivity index is 1.92. The summed E-state index contributed by atoms with van der Waals surface area (Å²) in [5.74, 6) is 1.12. The van der Waals surface area contributed by atoms with E-state index in [2.05, 4.69) is 10.3 Å². The van der Waals surface area contributed by atoms with E-state index in [4.69, 9.17) is 14.2 Å². The average Bonchev–Trinajstić information content (AvgIpc) is 3.23. The van der Waals surface area contributed by atoms with Crippen molar-refractivity contribution in [3.63, 3.8) is 0 Å². The minimum Gasteiger partial charge on any atom is -0.493 e. The molecule has 7 nitrogen and oxygen atoms in total. The van der Waals surface area contributed by atoms with Gasteiger partial charge in [0.1, 0.15) is 5.69 Å². The van der Waals surface area contributed by atoms with Gasteiger partial charge in [-0.1, -0.05) is 18.2 Å². The van der Waals surface area contributed by atoms with Crippen LogP contribution < -0.4 is 14.8 Å². The average molecular weight is 395 g/mol. The van der Waals surface area contributed by atoms with Crippen LogP contribution in [-0.2, 0) is 4.74 Å². The third kappa shape index (κ3) is 4.57. The number of ether oxygens (including phenoxy) is 3. The first-order chi connectivity index (χ1) is 14.1. The van der Waals surface area contributed by atoms with Crippen LogP contribution in [0.1, 0.15) is 17.4 Å². The fourth-order valence-electron chi connectivity index (χ4n) is 3.11. The Kier molecular flexibility index (Phi) is 6.51. The Morgan fingerprint density at radius 3 is 2.55 bits per heavy atom. The summed E-state index contributed by atoms with van der Waals surface area (Å²) in [7, 11) is 4.82. The predicted octanol–water partition coefficient (Wildman–Crippen LogP) is 3.32. The molecule has 0 aliphatic carbocycles. The maximum atomic E-state index is 12.6. The zero-order valence-corrected chi connectivity index (χ0v) is 17.0. The van der Waals surface area contributed by atoms with Gasteiger partial charge < -0.3 is 19.5 Å². The number of carbonyl (C=O) groups is 1. The molecule has 1 atom stereocenters. The van der Waals surface area contributed by atoms with E-state index in [1.807, 2.05) is 49.4 Å². The molecule has 0 spiro atoms. The van der Waals surface area contributed by atoms with Crippen LogP contribution in [0.15, 0.2) is 55.0 Å². The van der Waals surface area contributed by atoms with Crippen molar-refractivity contribution in [1.29, 1.82) is 0 Å². The van der Waals surface area contributed by atoms with Crippen LogP contribution in [0.5, 0.6) is 11.5 Å². The minimum atomic E-state index is -0.205. The molecule has 1 N–H and O–H groups in total. The molecule has 0 unspecified atom stereocenters. The number of hydrogen-bond acceptors (Lipinski definition) is 5. The van der Waals surface area contributed by atoms with Gasteiger partial charge in [0.25, 0.3) is 5.91 Å². The Hall–Kier alpha value is -3.32. The molecule has 1 aromatic heterocycles. The summed E-state index contributed by atoms with van der Waals surface area (Å²) >= 11 is 0. The quantitative estimate of drug-likeness (QED) is 0.633. The number of imidazole rings is 1. The number of hydrogen-bond donors (Lipinski definition) is 1. The minimum absolute atomic E-state index is 0.103. The molecule has 29 heavy (non-hydrogen) atoms. The standard InChI is InChI=1S/C22H25N3O4/c1-15(13-27-2)24-22(26)19-12-23-14-25(19)18-7-5-6-16(10-18)17-8-9-20(28-3)21(11-17)29-4/h5-12,14-15H,13H2,1-4H3,(H,24,26)/t15-/m0/s1. The van der Waals surface area contributed by atoms with Gasteiger partial charge in [-0.25, -0.2) is 4.98 Å². The Morgan fingerprint density at radius 1 is 1.07 bits per heavy atom. The van der Waals surface area contributed by atoms with E-state index in [9.17, 15) is 4.79 Å². The van der Waals surface area contributed by atoms with Gasteiger partial charge >= 0.3 is 0 Å². The fourth-order valence-corrected chi connectivity index (χ4v) is 3.11. The number of rotatable bonds is 8. The lowest BCUT2D eigenvalue weighted by Crippen LogP contribution is -2.36. The molecule has 3 aromatic rings. The molecule has 2 aromatic carbocycles. The maximum absolute atomic E-state index is 12.6. The van der Waals surface area contributed by atoms with Crippen molar-refractivity contribution >= 4 is 5.91 Å². The van der Waals surface area contributed by atoms with E-state index < -0.39 is 0 Å². The van der Waals surface area contributed by atoms with E-state index in [1.165, 1.54) is 0 Å². The summed E-state index contributed by atoms with van der Waals surface area (Å²) in [6.07, 6.45) is 3.18. The first-order valence-corrected chi connectivity index (χ1v) is 9.22. The van der Waals surface area contributed by atoms with Crippen LogP contribution in [0.4, 0.5) is 0 Å². The van der Waals surface area contributed by atoms with E-state index in [1.54, 1.807) is 38.4 Å². The van der Waals surface area contributed by atoms with Crippen molar-refractivity contribution < 1.29 is 19.0 Å². The van der Waals surface area contributed by atoms with Crippen molar-refractivity contribution in [3.8, 4) is 28.3 Å². The molecule has 1 heterocycles. The number of carbonyl (C=O) groups excluding carboxylic acids is 1. The molecular formula is C22H25N3O4. The smallest absolute Gasteiger partial charge is 0.270 e. The first-order valence-electron chi connectivity index (χ1n) is 9.22. The van der Waals surface area contributed by atoms with E-state index in [0.29, 0.717) is 23.8 Å². The van der Waals surface area contributed by atoms with E-state index in [0.717, 1.165) is 16.8 Å². The summed E-state index contributed by atoms with van der Waals surface area (Å²) in [4.78, 5) is 16.8. The molecule has 0 bridgehead atoms. The van der Waals surface area contributed by atoms with Crippen molar-refractivity contribution in [2.75, 3.05) is 27.9 Å². The summed E-state index contributed by atoms with van der Waals surface area (Å²) in [5.41, 5.74) is 3.25. The summed E-state index contributed by atoms with van der Waals surface area (Å²) in [6.45, 7) is 2.33. The molecular weight excluding hydrogens is 370 g/mol. The Bertz CT molecular complexity index is 984. The molecule has 1 amide bonds. The second-order valence-electron chi connectivity index (χ2n) is 6.60. The van der Waals surface area contributed by atoms with Gasteiger partial charge in [0.15, 0.2) is 11.5 Å². The van der Waals surface area contributed by atoms with Gasteiger partial charge in [-0.2, -0.15) is 0 Å². The molecule has 0 radical (unpaired) electrons. The highest BCUT2D eigenvalue weighted by Gasteiger charge is 2.16. The van der Waals surface area contributed by atoms with Gasteiger partial charge in [-0.05, 0) is 42.3 Å². The highest BCUT2D eigenvalue weighted by Crippen LogP contribution is 2.33. The SMILES string of the molecule is COC[C@H](C)NC(=O)c1cncn1-c1cccc(-c2ccc(OC)c(OC)c2)c1. The van der Waals surface area contributed by atoms with Crippen LogP contribution >= 0.6 is 0 Å². The van der Waals surface area contributed by atoms with Crippen molar-refractivity contribution in [1.82, 2.24) is 14.9 Å². The molecule has 0 fully saturated rings. The molecule has 152 valence electrons. The zero-order valence-electron chi connectivity index (χ0n) is 17.0. The number of amides is 1. The van der Waals surface area contributed by atoms with E-state index >= 15 is 0 Å². The Labute approximate surface area is 170 Å². The normalized spacial score (nSPS) is 11.7. The highest BCUT2D eigenvalue weighted by atomic mass is 16.5. The lowest BCUT2D eigenvalue weighted by molar-refractivity contribution is 0.0898. The number of nitrogens with zero attached hydrogens (tertiary/aromatic N) is 2. The predicted molar refractivity (Wildman–Crippen MR) is 111 cm³/mol. The monoisotopic (exact) mass is 395 g/mol. The van der Waals surface area contributed by atoms with Crippen molar-refractivity contribution in [2.45, 2.75) is 13.0 Å². The summed E-state index contributed by atoms with van der Waals surface area (Å²) < 4.78 is 17.6. The molecule has 0 saturated heterocycles. The first kappa shape index (κ1) is 20.4. The summed E-state index contributed by atoms with van der Waals surface area (Å²) in [6, 6.07) is 13.5. The van der Waals surface area contributed by atoms with Gasteiger partial charge in [-0.15, -0.1) is 0 Å². The van der Waals surface area contributed by atoms with Crippen LogP contribution in [-0.4, -0.2) is 49.4 Å². The highest BCUT2D eigenvalue weighted by molar-refractivity contribution is 5.93. The lowest BCUT2D eigenvalue weighted by atomic mass is 10.0. The second kappa shape index (κ2) is 9.25. The number of methoxy groups -OCH3 is 3. The van der Waals surface area contributed by atoms with Crippen LogP contribution in [0, 0.1) is 0 Å². The van der Waals surface area contributed by atoms with E-state index in [-0.39, 0.29) is 11.9 Å². The van der Waals surface area contributed by atoms with Gasteiger partial charge in [0.05, 0.1) is 33.4 Å². The zero-order chi connectivity index (χ0) is 20.8. The van der Waals surface area contributed by atoms with Crippen LogP contribution in [0.25, 0.3) is 16.8 Å². The molecule has 0 aliphatic heterocycles. The number of aromatic nitrogens is 2. The Morgan fingerprint density at radius 2 is 1.83 bits per heavy atom.